The van der Waals surface area contributed by atoms with Gasteiger partial charge in [0.15, 0.2) is 5.82 Å². The Hall–Kier alpha value is -1.50. The van der Waals surface area contributed by atoms with Crippen LogP contribution in [-0.2, 0) is 22.5 Å². The molecular formula is C8H14N4O3. The van der Waals surface area contributed by atoms with Crippen molar-refractivity contribution in [1.29, 1.82) is 0 Å². The summed E-state index contributed by atoms with van der Waals surface area (Å²) >= 11 is 0. The SMILES string of the molecule is CCOCCCn1nnnc1CC(=O)O. The van der Waals surface area contributed by atoms with E-state index in [2.05, 4.69) is 15.5 Å². The van der Waals surface area contributed by atoms with Gasteiger partial charge in [0.25, 0.3) is 0 Å². The van der Waals surface area contributed by atoms with Crippen molar-refractivity contribution in [3.8, 4) is 0 Å². The van der Waals surface area contributed by atoms with Crippen LogP contribution in [0.2, 0.25) is 0 Å². The Kier molecular flexibility index (Phi) is 4.69. The molecule has 1 heterocycles. The van der Waals surface area contributed by atoms with E-state index in [1.807, 2.05) is 6.92 Å². The molecule has 1 N–H and O–H groups in total. The number of tetrazole rings is 1. The highest BCUT2D eigenvalue weighted by atomic mass is 16.5. The van der Waals surface area contributed by atoms with E-state index in [9.17, 15) is 4.79 Å². The minimum absolute atomic E-state index is 0.151. The highest BCUT2D eigenvalue weighted by Gasteiger charge is 2.09. The van der Waals surface area contributed by atoms with Crippen molar-refractivity contribution in [3.63, 3.8) is 0 Å². The van der Waals surface area contributed by atoms with Gasteiger partial charge in [-0.25, -0.2) is 4.68 Å². The Bertz CT molecular complexity index is 313. The van der Waals surface area contributed by atoms with E-state index in [4.69, 9.17) is 9.84 Å². The fourth-order valence-corrected chi connectivity index (χ4v) is 1.12. The molecule has 0 saturated heterocycles. The number of ether oxygens (including phenoxy) is 1. The molecule has 0 unspecified atom stereocenters. The first-order valence-corrected chi connectivity index (χ1v) is 4.78. The molecule has 0 saturated carbocycles. The third kappa shape index (κ3) is 4.03. The predicted octanol–water partition coefficient (Wildman–Crippen LogP) is -0.273. The lowest BCUT2D eigenvalue weighted by Crippen LogP contribution is -2.12. The minimum Gasteiger partial charge on any atom is -0.481 e. The van der Waals surface area contributed by atoms with Crippen molar-refractivity contribution >= 4 is 5.97 Å². The Morgan fingerprint density at radius 1 is 1.60 bits per heavy atom. The van der Waals surface area contributed by atoms with Crippen LogP contribution in [-0.4, -0.2) is 44.5 Å². The molecule has 0 bridgehead atoms. The molecule has 1 rings (SSSR count). The van der Waals surface area contributed by atoms with Gasteiger partial charge in [-0.05, 0) is 23.8 Å². The molecule has 84 valence electrons. The molecule has 7 nitrogen and oxygen atoms in total. The maximum absolute atomic E-state index is 10.5. The molecule has 0 amide bonds. The zero-order valence-corrected chi connectivity index (χ0v) is 8.59. The van der Waals surface area contributed by atoms with Crippen molar-refractivity contribution < 1.29 is 14.6 Å². The summed E-state index contributed by atoms with van der Waals surface area (Å²) in [6.07, 6.45) is 0.618. The standard InChI is InChI=1S/C8H14N4O3/c1-2-15-5-3-4-12-7(6-8(13)14)9-10-11-12/h2-6H2,1H3,(H,13,14). The average molecular weight is 214 g/mol. The normalized spacial score (nSPS) is 10.5. The molecule has 7 heteroatoms. The summed E-state index contributed by atoms with van der Waals surface area (Å²) in [5.41, 5.74) is 0. The first kappa shape index (κ1) is 11.6. The monoisotopic (exact) mass is 214 g/mol. The van der Waals surface area contributed by atoms with Gasteiger partial charge >= 0.3 is 5.97 Å². The van der Waals surface area contributed by atoms with Crippen LogP contribution in [0.25, 0.3) is 0 Å². The molecule has 0 spiro atoms. The topological polar surface area (TPSA) is 90.1 Å². The van der Waals surface area contributed by atoms with E-state index in [0.717, 1.165) is 6.42 Å². The Morgan fingerprint density at radius 3 is 3.07 bits per heavy atom. The number of carboxylic acid groups (broad SMARTS) is 1. The number of hydrogen-bond donors (Lipinski definition) is 1. The molecule has 0 aliphatic heterocycles. The van der Waals surface area contributed by atoms with Crippen LogP contribution in [0.15, 0.2) is 0 Å². The fourth-order valence-electron chi connectivity index (χ4n) is 1.12. The largest absolute Gasteiger partial charge is 0.481 e. The second-order valence-corrected chi connectivity index (χ2v) is 2.94. The average Bonchev–Trinajstić information content (AvgIpc) is 2.59. The van der Waals surface area contributed by atoms with Crippen molar-refractivity contribution in [1.82, 2.24) is 20.2 Å². The van der Waals surface area contributed by atoms with Crippen LogP contribution in [0.1, 0.15) is 19.2 Å². The number of rotatable bonds is 7. The summed E-state index contributed by atoms with van der Waals surface area (Å²) in [6, 6.07) is 0. The summed E-state index contributed by atoms with van der Waals surface area (Å²) in [5.74, 6) is -0.560. The third-order valence-corrected chi connectivity index (χ3v) is 1.78. The molecule has 0 aliphatic carbocycles. The zero-order valence-electron chi connectivity index (χ0n) is 8.59. The van der Waals surface area contributed by atoms with Crippen molar-refractivity contribution in [2.24, 2.45) is 0 Å². The lowest BCUT2D eigenvalue weighted by atomic mass is 10.4. The molecule has 1 aromatic rings. The lowest BCUT2D eigenvalue weighted by molar-refractivity contribution is -0.136. The number of carbonyl (C=O) groups is 1. The van der Waals surface area contributed by atoms with Crippen molar-refractivity contribution in [2.75, 3.05) is 13.2 Å². The number of aryl methyl sites for hydroxylation is 1. The maximum atomic E-state index is 10.5. The highest BCUT2D eigenvalue weighted by Crippen LogP contribution is 1.96. The van der Waals surface area contributed by atoms with Gasteiger partial charge in [-0.15, -0.1) is 5.10 Å². The van der Waals surface area contributed by atoms with Crippen LogP contribution in [0, 0.1) is 0 Å². The van der Waals surface area contributed by atoms with Gasteiger partial charge in [-0.1, -0.05) is 0 Å². The molecule has 0 aromatic carbocycles. The van der Waals surface area contributed by atoms with E-state index in [-0.39, 0.29) is 6.42 Å². The lowest BCUT2D eigenvalue weighted by Gasteiger charge is -2.02. The van der Waals surface area contributed by atoms with Crippen LogP contribution >= 0.6 is 0 Å². The van der Waals surface area contributed by atoms with Crippen LogP contribution in [0.3, 0.4) is 0 Å². The van der Waals surface area contributed by atoms with Gasteiger partial charge in [0, 0.05) is 19.8 Å². The van der Waals surface area contributed by atoms with Crippen LogP contribution < -0.4 is 0 Å². The highest BCUT2D eigenvalue weighted by molar-refractivity contribution is 5.68. The molecule has 15 heavy (non-hydrogen) atoms. The summed E-state index contributed by atoms with van der Waals surface area (Å²) in [7, 11) is 0. The summed E-state index contributed by atoms with van der Waals surface area (Å²) in [6.45, 7) is 3.81. The van der Waals surface area contributed by atoms with Crippen LogP contribution in [0.5, 0.6) is 0 Å². The summed E-state index contributed by atoms with van der Waals surface area (Å²) in [5, 5.41) is 19.4. The van der Waals surface area contributed by atoms with E-state index in [0.29, 0.717) is 25.6 Å². The Morgan fingerprint density at radius 2 is 2.40 bits per heavy atom. The fraction of sp³-hybridized carbons (Fsp3) is 0.750. The first-order valence-electron chi connectivity index (χ1n) is 4.78. The second kappa shape index (κ2) is 6.07. The number of nitrogens with zero attached hydrogens (tertiary/aromatic N) is 4. The van der Waals surface area contributed by atoms with Crippen molar-refractivity contribution in [3.05, 3.63) is 5.82 Å². The second-order valence-electron chi connectivity index (χ2n) is 2.94. The van der Waals surface area contributed by atoms with Gasteiger partial charge in [0.05, 0.1) is 0 Å². The number of carboxylic acids is 1. The number of aliphatic carboxylic acids is 1. The summed E-state index contributed by atoms with van der Waals surface area (Å²) in [4.78, 5) is 10.5. The smallest absolute Gasteiger partial charge is 0.311 e. The maximum Gasteiger partial charge on any atom is 0.311 e. The zero-order chi connectivity index (χ0) is 11.1. The number of hydrogen-bond acceptors (Lipinski definition) is 5. The Balaban J connectivity index is 2.39. The molecule has 0 aliphatic rings. The third-order valence-electron chi connectivity index (χ3n) is 1.78. The first-order chi connectivity index (χ1) is 7.24. The Labute approximate surface area is 87.0 Å². The number of aromatic nitrogens is 4. The van der Waals surface area contributed by atoms with Gasteiger partial charge in [0.2, 0.25) is 0 Å². The molecular weight excluding hydrogens is 200 g/mol. The van der Waals surface area contributed by atoms with Crippen LogP contribution in [0.4, 0.5) is 0 Å². The van der Waals surface area contributed by atoms with Gasteiger partial charge in [-0.2, -0.15) is 0 Å². The van der Waals surface area contributed by atoms with E-state index >= 15 is 0 Å². The van der Waals surface area contributed by atoms with E-state index in [1.165, 1.54) is 4.68 Å². The van der Waals surface area contributed by atoms with Crippen molar-refractivity contribution in [2.45, 2.75) is 26.3 Å². The quantitative estimate of drug-likeness (QED) is 0.628. The van der Waals surface area contributed by atoms with Gasteiger partial charge in [-0.3, -0.25) is 4.79 Å². The van der Waals surface area contributed by atoms with E-state index < -0.39 is 5.97 Å². The molecule has 0 radical (unpaired) electrons. The van der Waals surface area contributed by atoms with E-state index in [1.54, 1.807) is 0 Å². The minimum atomic E-state index is -0.934. The van der Waals surface area contributed by atoms with Gasteiger partial charge < -0.3 is 9.84 Å². The molecule has 1 aromatic heterocycles. The predicted molar refractivity (Wildman–Crippen MR) is 50.3 cm³/mol. The molecule has 0 atom stereocenters. The van der Waals surface area contributed by atoms with Gasteiger partial charge in [0.1, 0.15) is 6.42 Å². The summed E-state index contributed by atoms with van der Waals surface area (Å²) < 4.78 is 6.65. The molecule has 0 fully saturated rings.